The molecule has 0 aliphatic heterocycles. The maximum Gasteiger partial charge on any atom is 0.109 e. The van der Waals surface area contributed by atoms with Crippen LogP contribution in [0, 0.1) is 0 Å². The van der Waals surface area contributed by atoms with Gasteiger partial charge >= 0.3 is 0 Å². The Labute approximate surface area is 104 Å². The number of hydrogen-bond donors (Lipinski definition) is 2. The quantitative estimate of drug-likeness (QED) is 0.908. The van der Waals surface area contributed by atoms with E-state index in [0.29, 0.717) is 6.54 Å². The van der Waals surface area contributed by atoms with Crippen molar-refractivity contribution in [3.05, 3.63) is 28.2 Å². The number of hydrogen-bond acceptors (Lipinski definition) is 2. The van der Waals surface area contributed by atoms with E-state index in [4.69, 9.17) is 5.73 Å². The minimum Gasteiger partial charge on any atom is -0.364 e. The lowest BCUT2D eigenvalue weighted by Gasteiger charge is -2.12. The number of rotatable bonds is 3. The van der Waals surface area contributed by atoms with Gasteiger partial charge in [-0.15, -0.1) is 0 Å². The highest BCUT2D eigenvalue weighted by atomic mass is 79.9. The standard InChI is InChI=1S/C12H16BrN3/c1-16(2)12-9(5-6-14)10-7-8(13)3-4-11(10)15-12/h3-4,7,15H,5-6,14H2,1-2H3. The van der Waals surface area contributed by atoms with Gasteiger partial charge in [-0.25, -0.2) is 0 Å². The van der Waals surface area contributed by atoms with Gasteiger partial charge < -0.3 is 15.6 Å². The molecule has 0 saturated carbocycles. The van der Waals surface area contributed by atoms with Crippen molar-refractivity contribution in [1.29, 1.82) is 0 Å². The molecule has 0 unspecified atom stereocenters. The van der Waals surface area contributed by atoms with Crippen molar-refractivity contribution in [3.63, 3.8) is 0 Å². The maximum absolute atomic E-state index is 5.67. The van der Waals surface area contributed by atoms with E-state index < -0.39 is 0 Å². The molecule has 16 heavy (non-hydrogen) atoms. The molecule has 0 aliphatic rings. The summed E-state index contributed by atoms with van der Waals surface area (Å²) < 4.78 is 1.10. The predicted octanol–water partition coefficient (Wildman–Crippen LogP) is 2.50. The van der Waals surface area contributed by atoms with Crippen LogP contribution in [-0.2, 0) is 6.42 Å². The number of H-pyrrole nitrogens is 1. The van der Waals surface area contributed by atoms with E-state index in [0.717, 1.165) is 22.2 Å². The molecule has 3 nitrogen and oxygen atoms in total. The van der Waals surface area contributed by atoms with Gasteiger partial charge in [0.15, 0.2) is 0 Å². The van der Waals surface area contributed by atoms with Gasteiger partial charge in [0.1, 0.15) is 5.82 Å². The van der Waals surface area contributed by atoms with Crippen LogP contribution in [-0.4, -0.2) is 25.6 Å². The Kier molecular flexibility index (Phi) is 3.21. The highest BCUT2D eigenvalue weighted by Gasteiger charge is 2.12. The lowest BCUT2D eigenvalue weighted by molar-refractivity contribution is 0.958. The van der Waals surface area contributed by atoms with Gasteiger partial charge in [0.25, 0.3) is 0 Å². The molecule has 1 heterocycles. The second-order valence-corrected chi connectivity index (χ2v) is 4.99. The van der Waals surface area contributed by atoms with E-state index in [9.17, 15) is 0 Å². The fourth-order valence-electron chi connectivity index (χ4n) is 1.98. The number of aromatic amines is 1. The van der Waals surface area contributed by atoms with E-state index in [1.54, 1.807) is 0 Å². The molecule has 0 saturated heterocycles. The van der Waals surface area contributed by atoms with E-state index in [2.05, 4.69) is 37.9 Å². The summed E-state index contributed by atoms with van der Waals surface area (Å²) in [6, 6.07) is 6.28. The molecule has 0 bridgehead atoms. The van der Waals surface area contributed by atoms with Crippen LogP contribution in [0.2, 0.25) is 0 Å². The second-order valence-electron chi connectivity index (χ2n) is 4.08. The monoisotopic (exact) mass is 281 g/mol. The van der Waals surface area contributed by atoms with E-state index >= 15 is 0 Å². The average molecular weight is 282 g/mol. The zero-order chi connectivity index (χ0) is 11.7. The molecule has 1 aromatic carbocycles. The van der Waals surface area contributed by atoms with Crippen LogP contribution in [0.3, 0.4) is 0 Å². The number of aromatic nitrogens is 1. The first-order chi connectivity index (χ1) is 7.63. The summed E-state index contributed by atoms with van der Waals surface area (Å²) in [7, 11) is 4.08. The third kappa shape index (κ3) is 1.95. The van der Waals surface area contributed by atoms with Gasteiger partial charge in [-0.05, 0) is 31.2 Å². The van der Waals surface area contributed by atoms with Crippen molar-refractivity contribution < 1.29 is 0 Å². The van der Waals surface area contributed by atoms with Crippen molar-refractivity contribution in [2.75, 3.05) is 25.5 Å². The summed E-state index contributed by atoms with van der Waals surface area (Å²) in [5.41, 5.74) is 8.13. The highest BCUT2D eigenvalue weighted by Crippen LogP contribution is 2.30. The van der Waals surface area contributed by atoms with E-state index in [-0.39, 0.29) is 0 Å². The number of nitrogens with two attached hydrogens (primary N) is 1. The second kappa shape index (κ2) is 4.47. The van der Waals surface area contributed by atoms with Gasteiger partial charge in [0.2, 0.25) is 0 Å². The summed E-state index contributed by atoms with van der Waals surface area (Å²) >= 11 is 3.51. The van der Waals surface area contributed by atoms with Crippen LogP contribution in [0.5, 0.6) is 0 Å². The molecule has 0 fully saturated rings. The van der Waals surface area contributed by atoms with Crippen LogP contribution in [0.15, 0.2) is 22.7 Å². The Balaban J connectivity index is 2.67. The number of fused-ring (bicyclic) bond motifs is 1. The fraction of sp³-hybridized carbons (Fsp3) is 0.333. The zero-order valence-electron chi connectivity index (χ0n) is 9.55. The molecule has 2 rings (SSSR count). The number of nitrogens with one attached hydrogen (secondary N) is 1. The SMILES string of the molecule is CN(C)c1[nH]c2ccc(Br)cc2c1CCN. The Morgan fingerprint density at radius 1 is 1.38 bits per heavy atom. The fourth-order valence-corrected chi connectivity index (χ4v) is 2.35. The zero-order valence-corrected chi connectivity index (χ0v) is 11.1. The normalized spacial score (nSPS) is 11.0. The number of benzene rings is 1. The van der Waals surface area contributed by atoms with Crippen LogP contribution in [0.4, 0.5) is 5.82 Å². The molecular formula is C12H16BrN3. The minimum atomic E-state index is 0.667. The van der Waals surface area contributed by atoms with Crippen molar-refractivity contribution >= 4 is 32.7 Å². The highest BCUT2D eigenvalue weighted by molar-refractivity contribution is 9.10. The van der Waals surface area contributed by atoms with Crippen molar-refractivity contribution in [1.82, 2.24) is 4.98 Å². The number of nitrogens with zero attached hydrogens (tertiary/aromatic N) is 1. The van der Waals surface area contributed by atoms with Crippen molar-refractivity contribution in [3.8, 4) is 0 Å². The summed E-state index contributed by atoms with van der Waals surface area (Å²) in [6.45, 7) is 0.667. The minimum absolute atomic E-state index is 0.667. The number of anilines is 1. The van der Waals surface area contributed by atoms with Gasteiger partial charge in [0, 0.05) is 35.0 Å². The Morgan fingerprint density at radius 2 is 2.12 bits per heavy atom. The third-order valence-electron chi connectivity index (χ3n) is 2.69. The van der Waals surface area contributed by atoms with Crippen LogP contribution >= 0.6 is 15.9 Å². The summed E-state index contributed by atoms with van der Waals surface area (Å²) in [6.07, 6.45) is 0.893. The molecule has 3 N–H and O–H groups in total. The van der Waals surface area contributed by atoms with Crippen molar-refractivity contribution in [2.45, 2.75) is 6.42 Å². The maximum atomic E-state index is 5.67. The summed E-state index contributed by atoms with van der Waals surface area (Å²) in [5, 5.41) is 1.25. The van der Waals surface area contributed by atoms with Crippen LogP contribution in [0.25, 0.3) is 10.9 Å². The molecule has 0 aliphatic carbocycles. The molecule has 2 aromatic rings. The van der Waals surface area contributed by atoms with Crippen LogP contribution in [0.1, 0.15) is 5.56 Å². The molecule has 1 aromatic heterocycles. The van der Waals surface area contributed by atoms with Gasteiger partial charge in [-0.2, -0.15) is 0 Å². The lowest BCUT2D eigenvalue weighted by Crippen LogP contribution is -2.13. The van der Waals surface area contributed by atoms with Gasteiger partial charge in [0.05, 0.1) is 0 Å². The molecular weight excluding hydrogens is 266 g/mol. The largest absolute Gasteiger partial charge is 0.364 e. The lowest BCUT2D eigenvalue weighted by atomic mass is 10.1. The van der Waals surface area contributed by atoms with E-state index in [1.165, 1.54) is 10.9 Å². The first-order valence-corrected chi connectivity index (χ1v) is 6.10. The summed E-state index contributed by atoms with van der Waals surface area (Å²) in [4.78, 5) is 5.52. The van der Waals surface area contributed by atoms with Gasteiger partial charge in [-0.1, -0.05) is 15.9 Å². The Morgan fingerprint density at radius 3 is 2.75 bits per heavy atom. The van der Waals surface area contributed by atoms with E-state index in [1.807, 2.05) is 20.2 Å². The first kappa shape index (κ1) is 11.5. The predicted molar refractivity (Wildman–Crippen MR) is 73.1 cm³/mol. The Hall–Kier alpha value is -1.00. The molecule has 0 amide bonds. The molecule has 86 valence electrons. The number of halogens is 1. The Bertz CT molecular complexity index is 502. The van der Waals surface area contributed by atoms with Crippen LogP contribution < -0.4 is 10.6 Å². The summed E-state index contributed by atoms with van der Waals surface area (Å²) in [5.74, 6) is 1.15. The molecule has 0 atom stereocenters. The topological polar surface area (TPSA) is 45.0 Å². The van der Waals surface area contributed by atoms with Gasteiger partial charge in [-0.3, -0.25) is 0 Å². The molecule has 4 heteroatoms. The third-order valence-corrected chi connectivity index (χ3v) is 3.18. The molecule has 0 spiro atoms. The average Bonchev–Trinajstić information content (AvgIpc) is 2.58. The first-order valence-electron chi connectivity index (χ1n) is 5.31. The smallest absolute Gasteiger partial charge is 0.109 e. The molecule has 0 radical (unpaired) electrons. The van der Waals surface area contributed by atoms with Crippen molar-refractivity contribution in [2.24, 2.45) is 5.73 Å².